The lowest BCUT2D eigenvalue weighted by molar-refractivity contribution is 0.462. The molecule has 7 heteroatoms. The van der Waals surface area contributed by atoms with Crippen LogP contribution in [-0.2, 0) is 10.2 Å². The second kappa shape index (κ2) is 7.23. The van der Waals surface area contributed by atoms with Crippen molar-refractivity contribution in [3.63, 3.8) is 0 Å². The molecule has 0 bridgehead atoms. The van der Waals surface area contributed by atoms with E-state index in [4.69, 9.17) is 0 Å². The van der Waals surface area contributed by atoms with Crippen LogP contribution in [0.3, 0.4) is 0 Å². The molecule has 0 aliphatic carbocycles. The molecule has 0 aromatic heterocycles. The number of nitrogens with zero attached hydrogens (tertiary/aromatic N) is 1. The molecular formula is C12H20BrN3O2S. The van der Waals surface area contributed by atoms with Crippen LogP contribution in [0.5, 0.6) is 0 Å². The first-order valence-corrected chi connectivity index (χ1v) is 8.25. The first-order chi connectivity index (χ1) is 8.86. The number of benzene rings is 1. The third kappa shape index (κ3) is 5.10. The Morgan fingerprint density at radius 2 is 2.05 bits per heavy atom. The normalized spacial score (nSPS) is 11.8. The van der Waals surface area contributed by atoms with E-state index in [1.165, 1.54) is 4.31 Å². The van der Waals surface area contributed by atoms with E-state index >= 15 is 0 Å². The molecule has 5 nitrogen and oxygen atoms in total. The number of hydrogen-bond acceptors (Lipinski definition) is 3. The highest BCUT2D eigenvalue weighted by Crippen LogP contribution is 2.21. The Hall–Kier alpha value is -0.630. The van der Waals surface area contributed by atoms with Crippen molar-refractivity contribution in [1.29, 1.82) is 0 Å². The van der Waals surface area contributed by atoms with Crippen molar-refractivity contribution >= 4 is 31.8 Å². The van der Waals surface area contributed by atoms with Crippen molar-refractivity contribution in [2.75, 3.05) is 31.9 Å². The Bertz CT molecular complexity index is 520. The average Bonchev–Trinajstić information content (AvgIpc) is 2.33. The summed E-state index contributed by atoms with van der Waals surface area (Å²) in [5, 5.41) is 2.99. The summed E-state index contributed by atoms with van der Waals surface area (Å²) in [6.07, 6.45) is 0.771. The van der Waals surface area contributed by atoms with Crippen molar-refractivity contribution < 1.29 is 8.42 Å². The number of rotatable bonds is 7. The third-order valence-electron chi connectivity index (χ3n) is 2.74. The number of nitrogens with one attached hydrogen (secondary N) is 2. The topological polar surface area (TPSA) is 61.4 Å². The van der Waals surface area contributed by atoms with E-state index in [1.807, 2.05) is 26.1 Å². The van der Waals surface area contributed by atoms with Crippen molar-refractivity contribution in [1.82, 2.24) is 9.62 Å². The van der Waals surface area contributed by atoms with E-state index in [2.05, 4.69) is 26.0 Å². The highest BCUT2D eigenvalue weighted by molar-refractivity contribution is 9.10. The second-order valence-corrected chi connectivity index (χ2v) is 7.04. The average molecular weight is 350 g/mol. The highest BCUT2D eigenvalue weighted by Gasteiger charge is 2.17. The van der Waals surface area contributed by atoms with E-state index in [9.17, 15) is 8.42 Å². The third-order valence-corrected chi connectivity index (χ3v) is 4.71. The smallest absolute Gasteiger partial charge is 0.301 e. The molecule has 0 atom stereocenters. The number of hydrogen-bond donors (Lipinski definition) is 2. The van der Waals surface area contributed by atoms with Gasteiger partial charge in [0.1, 0.15) is 0 Å². The van der Waals surface area contributed by atoms with Gasteiger partial charge in [-0.2, -0.15) is 12.7 Å². The Labute approximate surface area is 123 Å². The van der Waals surface area contributed by atoms with Gasteiger partial charge in [0.15, 0.2) is 0 Å². The Balaban J connectivity index is 2.73. The number of aryl methyl sites for hydroxylation is 1. The summed E-state index contributed by atoms with van der Waals surface area (Å²) < 4.78 is 29.1. The van der Waals surface area contributed by atoms with Gasteiger partial charge in [-0.25, -0.2) is 0 Å². The van der Waals surface area contributed by atoms with Crippen molar-refractivity contribution in [3.8, 4) is 0 Å². The van der Waals surface area contributed by atoms with Gasteiger partial charge >= 0.3 is 10.2 Å². The Kier molecular flexibility index (Phi) is 6.25. The Morgan fingerprint density at radius 1 is 1.37 bits per heavy atom. The zero-order chi connectivity index (χ0) is 14.5. The van der Waals surface area contributed by atoms with Gasteiger partial charge in [0.05, 0.1) is 5.69 Å². The van der Waals surface area contributed by atoms with E-state index in [-0.39, 0.29) is 0 Å². The van der Waals surface area contributed by atoms with E-state index in [0.717, 1.165) is 23.0 Å². The van der Waals surface area contributed by atoms with Gasteiger partial charge < -0.3 is 5.32 Å². The molecule has 1 aromatic carbocycles. The summed E-state index contributed by atoms with van der Waals surface area (Å²) in [4.78, 5) is 0. The fourth-order valence-electron chi connectivity index (χ4n) is 1.56. The molecular weight excluding hydrogens is 330 g/mol. The minimum absolute atomic E-state index is 0.478. The molecule has 1 aromatic rings. The lowest BCUT2D eigenvalue weighted by Crippen LogP contribution is -2.34. The Morgan fingerprint density at radius 3 is 2.63 bits per heavy atom. The molecule has 0 unspecified atom stereocenters. The summed E-state index contributed by atoms with van der Waals surface area (Å²) in [7, 11) is -0.0681. The van der Waals surface area contributed by atoms with Crippen molar-refractivity contribution in [2.24, 2.45) is 0 Å². The van der Waals surface area contributed by atoms with E-state index in [0.29, 0.717) is 12.2 Å². The second-order valence-electron chi connectivity index (χ2n) is 4.34. The van der Waals surface area contributed by atoms with Gasteiger partial charge in [0, 0.05) is 18.1 Å². The van der Waals surface area contributed by atoms with Crippen LogP contribution in [0.25, 0.3) is 0 Å². The maximum atomic E-state index is 12.1. The summed E-state index contributed by atoms with van der Waals surface area (Å²) in [5.41, 5.74) is 1.48. The maximum Gasteiger partial charge on any atom is 0.301 e. The standard InChI is InChI=1S/C12H20BrN3O2S/c1-10-9-11(13)5-6-12(10)15-19(17,18)16(3)8-4-7-14-2/h5-6,9,14-15H,4,7-8H2,1-3H3. The lowest BCUT2D eigenvalue weighted by Gasteiger charge is -2.19. The highest BCUT2D eigenvalue weighted by atomic mass is 79.9. The van der Waals surface area contributed by atoms with Gasteiger partial charge in [-0.3, -0.25) is 4.72 Å². The van der Waals surface area contributed by atoms with Crippen molar-refractivity contribution in [3.05, 3.63) is 28.2 Å². The first kappa shape index (κ1) is 16.4. The van der Waals surface area contributed by atoms with Crippen LogP contribution in [0, 0.1) is 6.92 Å². The number of halogens is 1. The predicted octanol–water partition coefficient (Wildman–Crippen LogP) is 1.96. The number of anilines is 1. The van der Waals surface area contributed by atoms with Gasteiger partial charge in [-0.05, 0) is 50.7 Å². The molecule has 0 aliphatic heterocycles. The van der Waals surface area contributed by atoms with Crippen LogP contribution in [-0.4, -0.2) is 39.9 Å². The van der Waals surface area contributed by atoms with E-state index in [1.54, 1.807) is 13.1 Å². The molecule has 1 rings (SSSR count). The largest absolute Gasteiger partial charge is 0.320 e. The molecule has 0 spiro atoms. The van der Waals surface area contributed by atoms with Gasteiger partial charge in [-0.15, -0.1) is 0 Å². The van der Waals surface area contributed by atoms with Gasteiger partial charge in [0.25, 0.3) is 0 Å². The quantitative estimate of drug-likeness (QED) is 0.739. The van der Waals surface area contributed by atoms with Crippen LogP contribution in [0.1, 0.15) is 12.0 Å². The molecule has 2 N–H and O–H groups in total. The predicted molar refractivity (Wildman–Crippen MR) is 82.6 cm³/mol. The van der Waals surface area contributed by atoms with Crippen LogP contribution < -0.4 is 10.0 Å². The molecule has 0 aliphatic rings. The first-order valence-electron chi connectivity index (χ1n) is 6.01. The summed E-state index contributed by atoms with van der Waals surface area (Å²) in [6, 6.07) is 5.43. The van der Waals surface area contributed by atoms with E-state index < -0.39 is 10.2 Å². The fourth-order valence-corrected chi connectivity index (χ4v) is 3.06. The van der Waals surface area contributed by atoms with Crippen LogP contribution >= 0.6 is 15.9 Å². The van der Waals surface area contributed by atoms with Crippen LogP contribution in [0.4, 0.5) is 5.69 Å². The minimum Gasteiger partial charge on any atom is -0.320 e. The molecule has 0 fully saturated rings. The minimum atomic E-state index is -3.49. The lowest BCUT2D eigenvalue weighted by atomic mass is 10.2. The summed E-state index contributed by atoms with van der Waals surface area (Å²) in [5.74, 6) is 0. The zero-order valence-corrected chi connectivity index (χ0v) is 13.8. The maximum absolute atomic E-state index is 12.1. The molecule has 0 saturated carbocycles. The van der Waals surface area contributed by atoms with Crippen LogP contribution in [0.15, 0.2) is 22.7 Å². The summed E-state index contributed by atoms with van der Waals surface area (Å²) in [6.45, 7) is 3.13. The molecule has 19 heavy (non-hydrogen) atoms. The van der Waals surface area contributed by atoms with Gasteiger partial charge in [0.2, 0.25) is 0 Å². The monoisotopic (exact) mass is 349 g/mol. The SMILES string of the molecule is CNCCCN(C)S(=O)(=O)Nc1ccc(Br)cc1C. The molecule has 0 radical (unpaired) electrons. The van der Waals surface area contributed by atoms with Crippen molar-refractivity contribution in [2.45, 2.75) is 13.3 Å². The fraction of sp³-hybridized carbons (Fsp3) is 0.500. The van der Waals surface area contributed by atoms with Gasteiger partial charge in [-0.1, -0.05) is 15.9 Å². The molecule has 0 heterocycles. The molecule has 0 saturated heterocycles. The van der Waals surface area contributed by atoms with Crippen LogP contribution in [0.2, 0.25) is 0 Å². The molecule has 108 valence electrons. The summed E-state index contributed by atoms with van der Waals surface area (Å²) >= 11 is 3.35. The molecule has 0 amide bonds. The zero-order valence-electron chi connectivity index (χ0n) is 11.4.